The smallest absolute Gasteiger partial charge is 0.231 e. The SMILES string of the molecule is CNC(CSc1ncccc1Br)c1ccc2c(c1)OCO2. The molecule has 0 aliphatic carbocycles. The predicted molar refractivity (Wildman–Crippen MR) is 87.0 cm³/mol. The Morgan fingerprint density at radius 3 is 3.00 bits per heavy atom. The second kappa shape index (κ2) is 6.68. The van der Waals surface area contributed by atoms with Gasteiger partial charge in [-0.25, -0.2) is 4.98 Å². The zero-order valence-corrected chi connectivity index (χ0v) is 13.9. The molecule has 0 saturated heterocycles. The zero-order chi connectivity index (χ0) is 14.7. The molecule has 6 heteroatoms. The number of hydrogen-bond acceptors (Lipinski definition) is 5. The van der Waals surface area contributed by atoms with Gasteiger partial charge in [0.05, 0.1) is 0 Å². The Morgan fingerprint density at radius 2 is 2.19 bits per heavy atom. The van der Waals surface area contributed by atoms with Gasteiger partial charge in [-0.15, -0.1) is 11.8 Å². The number of nitrogens with one attached hydrogen (secondary N) is 1. The normalized spacial score (nSPS) is 14.2. The van der Waals surface area contributed by atoms with Crippen LogP contribution in [0, 0.1) is 0 Å². The van der Waals surface area contributed by atoms with Crippen LogP contribution in [0.2, 0.25) is 0 Å². The largest absolute Gasteiger partial charge is 0.454 e. The summed E-state index contributed by atoms with van der Waals surface area (Å²) in [4.78, 5) is 4.38. The van der Waals surface area contributed by atoms with E-state index in [1.807, 2.05) is 37.5 Å². The van der Waals surface area contributed by atoms with E-state index in [4.69, 9.17) is 9.47 Å². The van der Waals surface area contributed by atoms with Crippen molar-refractivity contribution in [2.45, 2.75) is 11.1 Å². The minimum atomic E-state index is 0.221. The second-order valence-electron chi connectivity index (χ2n) is 4.56. The molecule has 110 valence electrons. The maximum atomic E-state index is 5.44. The Labute approximate surface area is 136 Å². The van der Waals surface area contributed by atoms with E-state index in [-0.39, 0.29) is 6.04 Å². The molecular weight excluding hydrogens is 352 g/mol. The summed E-state index contributed by atoms with van der Waals surface area (Å²) in [6, 6.07) is 10.2. The molecule has 1 aromatic heterocycles. The summed E-state index contributed by atoms with van der Waals surface area (Å²) in [5, 5.41) is 4.34. The standard InChI is InChI=1S/C15H15BrN2O2S/c1-17-12(8-21-15-11(16)3-2-6-18-15)10-4-5-13-14(7-10)20-9-19-13/h2-7,12,17H,8-9H2,1H3. The van der Waals surface area contributed by atoms with Crippen LogP contribution in [0.5, 0.6) is 11.5 Å². The van der Waals surface area contributed by atoms with Crippen molar-refractivity contribution in [3.63, 3.8) is 0 Å². The molecular formula is C15H15BrN2O2S. The minimum absolute atomic E-state index is 0.221. The van der Waals surface area contributed by atoms with Crippen molar-refractivity contribution in [2.75, 3.05) is 19.6 Å². The summed E-state index contributed by atoms with van der Waals surface area (Å²) in [7, 11) is 1.96. The highest BCUT2D eigenvalue weighted by Gasteiger charge is 2.17. The lowest BCUT2D eigenvalue weighted by Gasteiger charge is -2.16. The number of benzene rings is 1. The van der Waals surface area contributed by atoms with E-state index in [0.29, 0.717) is 6.79 Å². The summed E-state index contributed by atoms with van der Waals surface area (Å²) < 4.78 is 11.8. The van der Waals surface area contributed by atoms with Gasteiger partial charge in [-0.05, 0) is 52.8 Å². The quantitative estimate of drug-likeness (QED) is 0.818. The summed E-state index contributed by atoms with van der Waals surface area (Å²) >= 11 is 5.24. The van der Waals surface area contributed by atoms with Crippen LogP contribution in [0.25, 0.3) is 0 Å². The number of hydrogen-bond donors (Lipinski definition) is 1. The van der Waals surface area contributed by atoms with Crippen molar-refractivity contribution in [3.8, 4) is 11.5 Å². The first-order valence-corrected chi connectivity index (χ1v) is 8.36. The minimum Gasteiger partial charge on any atom is -0.454 e. The third-order valence-electron chi connectivity index (χ3n) is 3.26. The van der Waals surface area contributed by atoms with Gasteiger partial charge in [0, 0.05) is 22.5 Å². The molecule has 2 heterocycles. The molecule has 0 fully saturated rings. The Balaban J connectivity index is 1.72. The molecule has 0 amide bonds. The highest BCUT2D eigenvalue weighted by molar-refractivity contribution is 9.10. The summed E-state index contributed by atoms with van der Waals surface area (Å²) in [5.41, 5.74) is 1.18. The van der Waals surface area contributed by atoms with Crippen LogP contribution < -0.4 is 14.8 Å². The molecule has 3 rings (SSSR count). The number of pyridine rings is 1. The number of halogens is 1. The van der Waals surface area contributed by atoms with Crippen molar-refractivity contribution in [3.05, 3.63) is 46.6 Å². The molecule has 0 bridgehead atoms. The lowest BCUT2D eigenvalue weighted by atomic mass is 10.1. The summed E-state index contributed by atoms with van der Waals surface area (Å²) in [6.07, 6.45) is 1.81. The van der Waals surface area contributed by atoms with Crippen LogP contribution in [-0.4, -0.2) is 24.6 Å². The summed E-state index contributed by atoms with van der Waals surface area (Å²) in [6.45, 7) is 0.304. The van der Waals surface area contributed by atoms with Crippen molar-refractivity contribution >= 4 is 27.7 Å². The topological polar surface area (TPSA) is 43.4 Å². The first-order valence-electron chi connectivity index (χ1n) is 6.58. The zero-order valence-electron chi connectivity index (χ0n) is 11.5. The third-order valence-corrected chi connectivity index (χ3v) is 5.26. The lowest BCUT2D eigenvalue weighted by Crippen LogP contribution is -2.18. The van der Waals surface area contributed by atoms with Gasteiger partial charge in [-0.1, -0.05) is 6.07 Å². The number of aromatic nitrogens is 1. The number of ether oxygens (including phenoxy) is 2. The van der Waals surface area contributed by atoms with Gasteiger partial charge < -0.3 is 14.8 Å². The molecule has 4 nitrogen and oxygen atoms in total. The van der Waals surface area contributed by atoms with Gasteiger partial charge in [0.25, 0.3) is 0 Å². The lowest BCUT2D eigenvalue weighted by molar-refractivity contribution is 0.174. The fraction of sp³-hybridized carbons (Fsp3) is 0.267. The van der Waals surface area contributed by atoms with Gasteiger partial charge in [0.2, 0.25) is 6.79 Å². The first kappa shape index (κ1) is 14.7. The van der Waals surface area contributed by atoms with Crippen molar-refractivity contribution in [2.24, 2.45) is 0 Å². The summed E-state index contributed by atoms with van der Waals surface area (Å²) in [5.74, 6) is 2.51. The second-order valence-corrected chi connectivity index (χ2v) is 6.42. The molecule has 21 heavy (non-hydrogen) atoms. The number of nitrogens with zero attached hydrogens (tertiary/aromatic N) is 1. The molecule has 0 saturated carbocycles. The molecule has 1 aliphatic heterocycles. The molecule has 1 atom stereocenters. The first-order chi connectivity index (χ1) is 10.3. The van der Waals surface area contributed by atoms with Gasteiger partial charge in [0.1, 0.15) is 5.03 Å². The van der Waals surface area contributed by atoms with E-state index < -0.39 is 0 Å². The number of thioether (sulfide) groups is 1. The molecule has 1 N–H and O–H groups in total. The maximum Gasteiger partial charge on any atom is 0.231 e. The van der Waals surface area contributed by atoms with Crippen LogP contribution in [-0.2, 0) is 0 Å². The number of rotatable bonds is 5. The van der Waals surface area contributed by atoms with E-state index in [0.717, 1.165) is 26.8 Å². The third kappa shape index (κ3) is 3.33. The van der Waals surface area contributed by atoms with Crippen LogP contribution in [0.15, 0.2) is 46.0 Å². The average molecular weight is 367 g/mol. The van der Waals surface area contributed by atoms with E-state index in [9.17, 15) is 0 Å². The molecule has 2 aromatic rings. The van der Waals surface area contributed by atoms with Crippen LogP contribution >= 0.6 is 27.7 Å². The molecule has 1 unspecified atom stereocenters. The average Bonchev–Trinajstić information content (AvgIpc) is 2.97. The van der Waals surface area contributed by atoms with Crippen LogP contribution in [0.3, 0.4) is 0 Å². The van der Waals surface area contributed by atoms with Crippen LogP contribution in [0.1, 0.15) is 11.6 Å². The molecule has 0 spiro atoms. The Kier molecular flexibility index (Phi) is 4.67. The Bertz CT molecular complexity index is 639. The maximum absolute atomic E-state index is 5.44. The van der Waals surface area contributed by atoms with Gasteiger partial charge in [-0.2, -0.15) is 0 Å². The number of fused-ring (bicyclic) bond motifs is 1. The van der Waals surface area contributed by atoms with Crippen molar-refractivity contribution < 1.29 is 9.47 Å². The van der Waals surface area contributed by atoms with Gasteiger partial charge in [0.15, 0.2) is 11.5 Å². The van der Waals surface area contributed by atoms with Crippen molar-refractivity contribution in [1.82, 2.24) is 10.3 Å². The fourth-order valence-electron chi connectivity index (χ4n) is 2.12. The van der Waals surface area contributed by atoms with E-state index in [2.05, 4.69) is 32.3 Å². The van der Waals surface area contributed by atoms with E-state index in [1.54, 1.807) is 11.8 Å². The Hall–Kier alpha value is -1.24. The van der Waals surface area contributed by atoms with E-state index >= 15 is 0 Å². The fourth-order valence-corrected chi connectivity index (χ4v) is 3.74. The van der Waals surface area contributed by atoms with Crippen molar-refractivity contribution in [1.29, 1.82) is 0 Å². The highest BCUT2D eigenvalue weighted by atomic mass is 79.9. The highest BCUT2D eigenvalue weighted by Crippen LogP contribution is 2.35. The molecule has 0 radical (unpaired) electrons. The van der Waals surface area contributed by atoms with Gasteiger partial charge in [-0.3, -0.25) is 0 Å². The molecule has 1 aliphatic rings. The Morgan fingerprint density at radius 1 is 1.33 bits per heavy atom. The molecule has 1 aromatic carbocycles. The van der Waals surface area contributed by atoms with Crippen LogP contribution in [0.4, 0.5) is 0 Å². The predicted octanol–water partition coefficient (Wildman–Crippen LogP) is 3.63. The van der Waals surface area contributed by atoms with Gasteiger partial charge >= 0.3 is 0 Å². The van der Waals surface area contributed by atoms with E-state index in [1.165, 1.54) is 5.56 Å². The monoisotopic (exact) mass is 366 g/mol.